The fraction of sp³-hybridized carbons (Fsp3) is 0.250. The number of hydrogen-bond donors (Lipinski definition) is 0. The molecule has 3 heteroatoms. The Hall–Kier alpha value is -2.16. The highest BCUT2D eigenvalue weighted by molar-refractivity contribution is 5.96. The fourth-order valence-electron chi connectivity index (χ4n) is 2.51. The molecule has 0 saturated heterocycles. The Balaban J connectivity index is 1.93. The van der Waals surface area contributed by atoms with Crippen LogP contribution >= 0.6 is 0 Å². The third kappa shape index (κ3) is 2.12. The van der Waals surface area contributed by atoms with Gasteiger partial charge in [0.25, 0.3) is 5.91 Å². The lowest BCUT2D eigenvalue weighted by molar-refractivity contribution is 0.0742. The maximum absolute atomic E-state index is 12.5. The minimum absolute atomic E-state index is 0.0163. The van der Waals surface area contributed by atoms with E-state index >= 15 is 0 Å². The molecule has 0 bridgehead atoms. The lowest BCUT2D eigenvalue weighted by Crippen LogP contribution is -2.36. The predicted octanol–water partition coefficient (Wildman–Crippen LogP) is 3.03. The summed E-state index contributed by atoms with van der Waals surface area (Å²) in [4.78, 5) is 18.7. The quantitative estimate of drug-likeness (QED) is 0.770. The van der Waals surface area contributed by atoms with Crippen molar-refractivity contribution in [1.82, 2.24) is 9.88 Å². The van der Waals surface area contributed by atoms with Gasteiger partial charge in [0, 0.05) is 18.1 Å². The van der Waals surface area contributed by atoms with Crippen LogP contribution in [0.25, 0.3) is 10.8 Å². The summed E-state index contributed by atoms with van der Waals surface area (Å²) < 4.78 is 0. The Bertz CT molecular complexity index is 648. The summed E-state index contributed by atoms with van der Waals surface area (Å²) in [5.41, 5.74) is 0.529. The van der Waals surface area contributed by atoms with Gasteiger partial charge < -0.3 is 4.90 Å². The van der Waals surface area contributed by atoms with E-state index in [2.05, 4.69) is 18.0 Å². The zero-order valence-corrected chi connectivity index (χ0v) is 10.9. The molecule has 0 fully saturated rings. The second-order valence-electron chi connectivity index (χ2n) is 4.78. The molecule has 0 N–H and O–H groups in total. The SMILES string of the molecule is CCC1C=CCN1C(=O)c1cc2ccccc2cn1. The van der Waals surface area contributed by atoms with Gasteiger partial charge in [0.05, 0.1) is 6.04 Å². The van der Waals surface area contributed by atoms with Gasteiger partial charge in [0.15, 0.2) is 0 Å². The molecule has 2 aromatic rings. The number of hydrogen-bond acceptors (Lipinski definition) is 2. The maximum Gasteiger partial charge on any atom is 0.273 e. The number of amides is 1. The van der Waals surface area contributed by atoms with Crippen LogP contribution in [0.1, 0.15) is 23.8 Å². The first-order valence-corrected chi connectivity index (χ1v) is 6.62. The molecule has 0 aliphatic carbocycles. The van der Waals surface area contributed by atoms with Crippen molar-refractivity contribution in [3.8, 4) is 0 Å². The number of aromatic nitrogens is 1. The van der Waals surface area contributed by atoms with Crippen molar-refractivity contribution in [3.63, 3.8) is 0 Å². The summed E-state index contributed by atoms with van der Waals surface area (Å²) in [6.07, 6.45) is 6.86. The first-order valence-electron chi connectivity index (χ1n) is 6.62. The van der Waals surface area contributed by atoms with E-state index in [-0.39, 0.29) is 11.9 Å². The summed E-state index contributed by atoms with van der Waals surface area (Å²) >= 11 is 0. The molecule has 96 valence electrons. The Kier molecular flexibility index (Phi) is 3.03. The van der Waals surface area contributed by atoms with Gasteiger partial charge in [-0.3, -0.25) is 9.78 Å². The molecule has 0 saturated carbocycles. The second-order valence-corrected chi connectivity index (χ2v) is 4.78. The van der Waals surface area contributed by atoms with Crippen LogP contribution in [0.5, 0.6) is 0 Å². The van der Waals surface area contributed by atoms with Gasteiger partial charge in [0.1, 0.15) is 5.69 Å². The third-order valence-corrected chi connectivity index (χ3v) is 3.59. The van der Waals surface area contributed by atoms with Gasteiger partial charge >= 0.3 is 0 Å². The standard InChI is InChI=1S/C16H16N2O/c1-2-14-8-5-9-18(14)16(19)15-10-12-6-3-4-7-13(12)11-17-15/h3-8,10-11,14H,2,9H2,1H3. The van der Waals surface area contributed by atoms with E-state index in [9.17, 15) is 4.79 Å². The fourth-order valence-corrected chi connectivity index (χ4v) is 2.51. The van der Waals surface area contributed by atoms with Gasteiger partial charge in [-0.1, -0.05) is 43.3 Å². The number of carbonyl (C=O) groups is 1. The van der Waals surface area contributed by atoms with Crippen LogP contribution in [0.4, 0.5) is 0 Å². The first kappa shape index (κ1) is 11.9. The summed E-state index contributed by atoms with van der Waals surface area (Å²) in [6.45, 7) is 2.78. The van der Waals surface area contributed by atoms with Crippen molar-refractivity contribution >= 4 is 16.7 Å². The molecule has 2 heterocycles. The molecule has 1 amide bonds. The Morgan fingerprint density at radius 2 is 2.16 bits per heavy atom. The van der Waals surface area contributed by atoms with Gasteiger partial charge in [0.2, 0.25) is 0 Å². The van der Waals surface area contributed by atoms with E-state index in [1.165, 1.54) is 0 Å². The number of carbonyl (C=O) groups excluding carboxylic acids is 1. The van der Waals surface area contributed by atoms with Crippen LogP contribution in [0.15, 0.2) is 48.7 Å². The number of rotatable bonds is 2. The highest BCUT2D eigenvalue weighted by atomic mass is 16.2. The number of nitrogens with zero attached hydrogens (tertiary/aromatic N) is 2. The van der Waals surface area contributed by atoms with Crippen LogP contribution in [0, 0.1) is 0 Å². The average Bonchev–Trinajstić information content (AvgIpc) is 2.94. The molecule has 1 unspecified atom stereocenters. The topological polar surface area (TPSA) is 33.2 Å². The summed E-state index contributed by atoms with van der Waals surface area (Å²) in [7, 11) is 0. The molecule has 1 aliphatic rings. The first-order chi connectivity index (χ1) is 9.29. The molecule has 1 aromatic carbocycles. The van der Waals surface area contributed by atoms with Crippen molar-refractivity contribution in [2.24, 2.45) is 0 Å². The van der Waals surface area contributed by atoms with Crippen molar-refractivity contribution in [1.29, 1.82) is 0 Å². The van der Waals surface area contributed by atoms with Crippen LogP contribution in [0.2, 0.25) is 0 Å². The summed E-state index contributed by atoms with van der Waals surface area (Å²) in [6, 6.07) is 10.0. The van der Waals surface area contributed by atoms with E-state index < -0.39 is 0 Å². The highest BCUT2D eigenvalue weighted by Crippen LogP contribution is 2.18. The van der Waals surface area contributed by atoms with E-state index in [4.69, 9.17) is 0 Å². The van der Waals surface area contributed by atoms with Gasteiger partial charge in [-0.05, 0) is 17.9 Å². The molecule has 3 nitrogen and oxygen atoms in total. The molecule has 1 aliphatic heterocycles. The van der Waals surface area contributed by atoms with Crippen LogP contribution in [-0.4, -0.2) is 28.4 Å². The predicted molar refractivity (Wildman–Crippen MR) is 76.0 cm³/mol. The van der Waals surface area contributed by atoms with Crippen molar-refractivity contribution in [2.45, 2.75) is 19.4 Å². The minimum atomic E-state index is 0.0163. The molecule has 0 spiro atoms. The molecular weight excluding hydrogens is 236 g/mol. The lowest BCUT2D eigenvalue weighted by Gasteiger charge is -2.23. The van der Waals surface area contributed by atoms with Gasteiger partial charge in [-0.2, -0.15) is 0 Å². The Labute approximate surface area is 112 Å². The zero-order chi connectivity index (χ0) is 13.2. The van der Waals surface area contributed by atoms with Crippen molar-refractivity contribution in [2.75, 3.05) is 6.54 Å². The molecule has 3 rings (SSSR count). The molecule has 1 aromatic heterocycles. The number of fused-ring (bicyclic) bond motifs is 1. The highest BCUT2D eigenvalue weighted by Gasteiger charge is 2.25. The van der Waals surface area contributed by atoms with E-state index in [1.54, 1.807) is 6.20 Å². The second kappa shape index (κ2) is 4.84. The van der Waals surface area contributed by atoms with Crippen LogP contribution < -0.4 is 0 Å². The Morgan fingerprint density at radius 3 is 2.95 bits per heavy atom. The third-order valence-electron chi connectivity index (χ3n) is 3.59. The van der Waals surface area contributed by atoms with Gasteiger partial charge in [-0.15, -0.1) is 0 Å². The number of benzene rings is 1. The average molecular weight is 252 g/mol. The van der Waals surface area contributed by atoms with Crippen molar-refractivity contribution in [3.05, 3.63) is 54.4 Å². The lowest BCUT2D eigenvalue weighted by atomic mass is 10.1. The van der Waals surface area contributed by atoms with Gasteiger partial charge in [-0.25, -0.2) is 0 Å². The zero-order valence-electron chi connectivity index (χ0n) is 10.9. The smallest absolute Gasteiger partial charge is 0.273 e. The number of pyridine rings is 1. The molecule has 19 heavy (non-hydrogen) atoms. The minimum Gasteiger partial charge on any atom is -0.327 e. The van der Waals surface area contributed by atoms with Crippen molar-refractivity contribution < 1.29 is 4.79 Å². The molecule has 0 radical (unpaired) electrons. The summed E-state index contributed by atoms with van der Waals surface area (Å²) in [5, 5.41) is 2.12. The molecule has 1 atom stereocenters. The van der Waals surface area contributed by atoms with E-state index in [0.29, 0.717) is 12.2 Å². The van der Waals surface area contributed by atoms with Crippen LogP contribution in [0.3, 0.4) is 0 Å². The monoisotopic (exact) mass is 252 g/mol. The summed E-state index contributed by atoms with van der Waals surface area (Å²) in [5.74, 6) is 0.0163. The van der Waals surface area contributed by atoms with E-state index in [1.807, 2.05) is 41.3 Å². The largest absolute Gasteiger partial charge is 0.327 e. The molecular formula is C16H16N2O. The van der Waals surface area contributed by atoms with Crippen LogP contribution in [-0.2, 0) is 0 Å². The van der Waals surface area contributed by atoms with E-state index in [0.717, 1.165) is 17.2 Å². The maximum atomic E-state index is 12.5. The normalized spacial score (nSPS) is 18.2. The Morgan fingerprint density at radius 1 is 1.37 bits per heavy atom.